The first-order chi connectivity index (χ1) is 19.1. The number of benzene rings is 2. The van der Waals surface area contributed by atoms with Crippen molar-refractivity contribution in [3.8, 4) is 0 Å². The van der Waals surface area contributed by atoms with Crippen molar-refractivity contribution in [1.82, 2.24) is 16.0 Å². The van der Waals surface area contributed by atoms with Crippen molar-refractivity contribution in [3.63, 3.8) is 0 Å². The SMILES string of the molecule is CC(C)C[C@@H](NC(=O)[C@@H](Cc1ccccc1)NC(=O)[C@H](N)Cc1ccccc1)C(=O)N[C@H](CCCCN)C(N)=O. The standard InChI is InChI=1S/C30H44N6O4/c1-20(2)17-25(29(39)34-24(27(33)37)15-9-10-16-31)36-30(40)26(19-22-13-7-4-8-14-22)35-28(38)23(32)18-21-11-5-3-6-12-21/h3-8,11-14,20,23-26H,9-10,15-19,31-32H2,1-2H3,(H2,33,37)(H,34,39)(H,35,38)(H,36,40)/t23-,24-,25-,26-/m1/s1. The fourth-order valence-corrected chi connectivity index (χ4v) is 4.32. The number of carbonyl (C=O) groups excluding carboxylic acids is 4. The molecule has 0 bridgehead atoms. The highest BCUT2D eigenvalue weighted by molar-refractivity contribution is 5.94. The molecule has 0 radical (unpaired) electrons. The second-order valence-electron chi connectivity index (χ2n) is 10.5. The summed E-state index contributed by atoms with van der Waals surface area (Å²) in [6.07, 6.45) is 2.51. The molecule has 2 aromatic rings. The van der Waals surface area contributed by atoms with Crippen molar-refractivity contribution < 1.29 is 19.2 Å². The normalized spacial score (nSPS) is 14.0. The molecule has 0 spiro atoms. The molecule has 10 nitrogen and oxygen atoms in total. The molecule has 218 valence electrons. The smallest absolute Gasteiger partial charge is 0.243 e. The van der Waals surface area contributed by atoms with Gasteiger partial charge in [0.1, 0.15) is 18.1 Å². The highest BCUT2D eigenvalue weighted by Crippen LogP contribution is 2.10. The van der Waals surface area contributed by atoms with Gasteiger partial charge in [0.15, 0.2) is 0 Å². The molecular weight excluding hydrogens is 508 g/mol. The van der Waals surface area contributed by atoms with E-state index in [0.29, 0.717) is 38.6 Å². The van der Waals surface area contributed by atoms with Gasteiger partial charge in [-0.1, -0.05) is 74.5 Å². The van der Waals surface area contributed by atoms with Crippen molar-refractivity contribution in [2.24, 2.45) is 23.1 Å². The van der Waals surface area contributed by atoms with E-state index in [2.05, 4.69) is 16.0 Å². The maximum absolute atomic E-state index is 13.5. The van der Waals surface area contributed by atoms with Crippen LogP contribution in [0.1, 0.15) is 50.7 Å². The first-order valence-corrected chi connectivity index (χ1v) is 13.8. The summed E-state index contributed by atoms with van der Waals surface area (Å²) in [4.78, 5) is 51.7. The zero-order valence-corrected chi connectivity index (χ0v) is 23.5. The van der Waals surface area contributed by atoms with E-state index < -0.39 is 47.8 Å². The van der Waals surface area contributed by atoms with Gasteiger partial charge in [-0.2, -0.15) is 0 Å². The van der Waals surface area contributed by atoms with Crippen molar-refractivity contribution >= 4 is 23.6 Å². The average Bonchev–Trinajstić information content (AvgIpc) is 2.92. The molecular formula is C30H44N6O4. The second kappa shape index (κ2) is 17.0. The van der Waals surface area contributed by atoms with E-state index in [-0.39, 0.29) is 12.3 Å². The summed E-state index contributed by atoms with van der Waals surface area (Å²) in [5.41, 5.74) is 19.0. The predicted octanol–water partition coefficient (Wildman–Crippen LogP) is 0.914. The molecule has 2 aromatic carbocycles. The van der Waals surface area contributed by atoms with E-state index in [0.717, 1.165) is 11.1 Å². The Morgan fingerprint density at radius 3 is 1.73 bits per heavy atom. The maximum atomic E-state index is 13.5. The third-order valence-corrected chi connectivity index (χ3v) is 6.50. The minimum Gasteiger partial charge on any atom is -0.368 e. The van der Waals surface area contributed by atoms with Crippen LogP contribution < -0.4 is 33.2 Å². The fourth-order valence-electron chi connectivity index (χ4n) is 4.32. The molecule has 40 heavy (non-hydrogen) atoms. The molecule has 0 saturated carbocycles. The van der Waals surface area contributed by atoms with Crippen LogP contribution in [0.25, 0.3) is 0 Å². The van der Waals surface area contributed by atoms with Gasteiger partial charge in [0.25, 0.3) is 0 Å². The van der Waals surface area contributed by atoms with Gasteiger partial charge in [-0.15, -0.1) is 0 Å². The van der Waals surface area contributed by atoms with Crippen LogP contribution in [-0.4, -0.2) is 54.3 Å². The van der Waals surface area contributed by atoms with E-state index >= 15 is 0 Å². The number of hydrogen-bond donors (Lipinski definition) is 6. The van der Waals surface area contributed by atoms with Crippen LogP contribution in [-0.2, 0) is 32.0 Å². The van der Waals surface area contributed by atoms with Gasteiger partial charge in [-0.05, 0) is 55.7 Å². The Bertz CT molecular complexity index is 1080. The first-order valence-electron chi connectivity index (χ1n) is 13.8. The van der Waals surface area contributed by atoms with Crippen LogP contribution in [0.4, 0.5) is 0 Å². The van der Waals surface area contributed by atoms with Crippen LogP contribution in [0.15, 0.2) is 60.7 Å². The van der Waals surface area contributed by atoms with E-state index in [1.807, 2.05) is 74.5 Å². The van der Waals surface area contributed by atoms with Gasteiger partial charge in [0, 0.05) is 6.42 Å². The lowest BCUT2D eigenvalue weighted by molar-refractivity contribution is -0.133. The monoisotopic (exact) mass is 552 g/mol. The lowest BCUT2D eigenvalue weighted by atomic mass is 9.99. The molecule has 9 N–H and O–H groups in total. The van der Waals surface area contributed by atoms with Crippen molar-refractivity contribution in [2.45, 2.75) is 76.5 Å². The van der Waals surface area contributed by atoms with Crippen LogP contribution in [0, 0.1) is 5.92 Å². The molecule has 0 aromatic heterocycles. The number of unbranched alkanes of at least 4 members (excludes halogenated alkanes) is 1. The summed E-state index contributed by atoms with van der Waals surface area (Å²) in [5.74, 6) is -2.10. The average molecular weight is 553 g/mol. The summed E-state index contributed by atoms with van der Waals surface area (Å²) in [5, 5.41) is 8.26. The Hall–Kier alpha value is -3.76. The van der Waals surface area contributed by atoms with Crippen LogP contribution in [0.3, 0.4) is 0 Å². The zero-order valence-electron chi connectivity index (χ0n) is 23.5. The number of amides is 4. The zero-order chi connectivity index (χ0) is 29.5. The largest absolute Gasteiger partial charge is 0.368 e. The van der Waals surface area contributed by atoms with Gasteiger partial charge in [-0.25, -0.2) is 0 Å². The summed E-state index contributed by atoms with van der Waals surface area (Å²) in [6.45, 7) is 4.31. The summed E-state index contributed by atoms with van der Waals surface area (Å²) in [6, 6.07) is 15.0. The topological polar surface area (TPSA) is 182 Å². The lowest BCUT2D eigenvalue weighted by Crippen LogP contribution is -2.58. The minimum absolute atomic E-state index is 0.0572. The third-order valence-electron chi connectivity index (χ3n) is 6.50. The number of nitrogens with one attached hydrogen (secondary N) is 3. The summed E-state index contributed by atoms with van der Waals surface area (Å²) < 4.78 is 0. The molecule has 10 heteroatoms. The Labute approximate surface area is 236 Å². The molecule has 0 aliphatic carbocycles. The number of nitrogens with two attached hydrogens (primary N) is 3. The van der Waals surface area contributed by atoms with E-state index in [1.54, 1.807) is 0 Å². The summed E-state index contributed by atoms with van der Waals surface area (Å²) >= 11 is 0. The number of primary amides is 1. The van der Waals surface area contributed by atoms with Gasteiger partial charge < -0.3 is 33.2 Å². The molecule has 0 saturated heterocycles. The van der Waals surface area contributed by atoms with Crippen LogP contribution in [0.5, 0.6) is 0 Å². The first kappa shape index (κ1) is 32.5. The van der Waals surface area contributed by atoms with Crippen molar-refractivity contribution in [3.05, 3.63) is 71.8 Å². The molecule has 4 atom stereocenters. The Kier molecular flexibility index (Phi) is 13.8. The van der Waals surface area contributed by atoms with Crippen molar-refractivity contribution in [1.29, 1.82) is 0 Å². The van der Waals surface area contributed by atoms with Gasteiger partial charge in [-0.3, -0.25) is 19.2 Å². The van der Waals surface area contributed by atoms with E-state index in [4.69, 9.17) is 17.2 Å². The van der Waals surface area contributed by atoms with E-state index in [9.17, 15) is 19.2 Å². The Morgan fingerprint density at radius 1 is 0.700 bits per heavy atom. The van der Waals surface area contributed by atoms with Gasteiger partial charge in [0.05, 0.1) is 6.04 Å². The van der Waals surface area contributed by atoms with Crippen LogP contribution in [0.2, 0.25) is 0 Å². The molecule has 4 amide bonds. The quantitative estimate of drug-likeness (QED) is 0.159. The van der Waals surface area contributed by atoms with Gasteiger partial charge >= 0.3 is 0 Å². The fraction of sp³-hybridized carbons (Fsp3) is 0.467. The number of carbonyl (C=O) groups is 4. The molecule has 0 aliphatic rings. The van der Waals surface area contributed by atoms with Crippen molar-refractivity contribution in [2.75, 3.05) is 6.54 Å². The maximum Gasteiger partial charge on any atom is 0.243 e. The predicted molar refractivity (Wildman–Crippen MR) is 156 cm³/mol. The molecule has 0 heterocycles. The molecule has 2 rings (SSSR count). The Balaban J connectivity index is 2.18. The lowest BCUT2D eigenvalue weighted by Gasteiger charge is -2.26. The van der Waals surface area contributed by atoms with Gasteiger partial charge in [0.2, 0.25) is 23.6 Å². The van der Waals surface area contributed by atoms with E-state index in [1.165, 1.54) is 0 Å². The highest BCUT2D eigenvalue weighted by Gasteiger charge is 2.30. The highest BCUT2D eigenvalue weighted by atomic mass is 16.2. The number of hydrogen-bond acceptors (Lipinski definition) is 6. The molecule has 0 fully saturated rings. The molecule has 0 unspecified atom stereocenters. The summed E-state index contributed by atoms with van der Waals surface area (Å²) in [7, 11) is 0. The molecule has 0 aliphatic heterocycles. The third kappa shape index (κ3) is 11.5. The van der Waals surface area contributed by atoms with Crippen LogP contribution >= 0.6 is 0 Å². The number of rotatable bonds is 17. The Morgan fingerprint density at radius 2 is 1.20 bits per heavy atom. The minimum atomic E-state index is -0.976. The second-order valence-corrected chi connectivity index (χ2v) is 10.5.